The highest BCUT2D eigenvalue weighted by atomic mass is 32.2. The predicted octanol–water partition coefficient (Wildman–Crippen LogP) is 0.669. The molecule has 2 aromatic heterocycles. The molecule has 3 aromatic rings. The van der Waals surface area contributed by atoms with Crippen LogP contribution < -0.4 is 21.6 Å². The number of thioether (sulfide) groups is 1. The van der Waals surface area contributed by atoms with Crippen LogP contribution in [0.2, 0.25) is 0 Å². The van der Waals surface area contributed by atoms with E-state index in [1.165, 1.54) is 29.2 Å². The minimum atomic E-state index is -0.254. The lowest BCUT2D eigenvalue weighted by Gasteiger charge is -2.04. The largest absolute Gasteiger partial charge is 0.325 e. The fourth-order valence-corrected chi connectivity index (χ4v) is 3.84. The second kappa shape index (κ2) is 8.11. The lowest BCUT2D eigenvalue weighted by molar-refractivity contribution is -0.365. The summed E-state index contributed by atoms with van der Waals surface area (Å²) in [7, 11) is 0. The zero-order valence-corrected chi connectivity index (χ0v) is 15.9. The van der Waals surface area contributed by atoms with Crippen LogP contribution in [0.4, 0.5) is 11.6 Å². The minimum absolute atomic E-state index is 0.254. The fourth-order valence-electron chi connectivity index (χ4n) is 2.13. The number of hydrogen-bond donors (Lipinski definition) is 4. The third kappa shape index (κ3) is 4.90. The first-order valence-electron chi connectivity index (χ1n) is 7.75. The summed E-state index contributed by atoms with van der Waals surface area (Å²) in [6.07, 6.45) is 0. The molecule has 0 bridgehead atoms. The quantitative estimate of drug-likeness (QED) is 0.288. The van der Waals surface area contributed by atoms with Gasteiger partial charge in [0.25, 0.3) is 11.5 Å². The molecule has 0 atom stereocenters. The van der Waals surface area contributed by atoms with Crippen molar-refractivity contribution < 1.29 is 4.99 Å². The molecular weight excluding hydrogens is 370 g/mol. The Morgan fingerprint density at radius 1 is 1.35 bits per heavy atom. The van der Waals surface area contributed by atoms with Crippen molar-refractivity contribution in [3.05, 3.63) is 57.0 Å². The van der Waals surface area contributed by atoms with Crippen molar-refractivity contribution in [2.24, 2.45) is 5.73 Å². The van der Waals surface area contributed by atoms with Gasteiger partial charge in [-0.2, -0.15) is 0 Å². The molecule has 26 heavy (non-hydrogen) atoms. The number of H-pyrrole nitrogens is 1. The zero-order valence-electron chi connectivity index (χ0n) is 14.2. The van der Waals surface area contributed by atoms with Crippen LogP contribution in [-0.2, 0) is 5.75 Å². The van der Waals surface area contributed by atoms with Crippen LogP contribution in [0, 0.1) is 13.8 Å². The van der Waals surface area contributed by atoms with E-state index in [1.807, 2.05) is 38.1 Å². The maximum Gasteiger partial charge on any atom is 0.325 e. The van der Waals surface area contributed by atoms with Crippen LogP contribution >= 0.6 is 23.1 Å². The van der Waals surface area contributed by atoms with Gasteiger partial charge in [-0.25, -0.2) is 9.98 Å². The molecule has 0 fully saturated rings. The number of nitrogens with two attached hydrogens (primary N) is 1. The predicted molar refractivity (Wildman–Crippen MR) is 104 cm³/mol. The van der Waals surface area contributed by atoms with Gasteiger partial charge in [0, 0.05) is 6.07 Å². The summed E-state index contributed by atoms with van der Waals surface area (Å²) >= 11 is 2.99. The molecule has 10 heteroatoms. The third-order valence-electron chi connectivity index (χ3n) is 3.31. The lowest BCUT2D eigenvalue weighted by atomic mass is 10.2. The number of aromatic amines is 1. The van der Waals surface area contributed by atoms with E-state index in [0.717, 1.165) is 20.6 Å². The smallest absolute Gasteiger partial charge is 0.322 e. The van der Waals surface area contributed by atoms with Gasteiger partial charge in [-0.1, -0.05) is 41.3 Å². The summed E-state index contributed by atoms with van der Waals surface area (Å²) in [4.78, 5) is 21.8. The third-order valence-corrected chi connectivity index (χ3v) is 5.32. The Kier molecular flexibility index (Phi) is 5.64. The van der Waals surface area contributed by atoms with Crippen molar-refractivity contribution in [1.29, 1.82) is 0 Å². The first kappa shape index (κ1) is 18.1. The van der Waals surface area contributed by atoms with Crippen molar-refractivity contribution >= 4 is 40.7 Å². The van der Waals surface area contributed by atoms with Crippen molar-refractivity contribution in [2.45, 2.75) is 23.9 Å². The van der Waals surface area contributed by atoms with Gasteiger partial charge in [0.05, 0.1) is 11.4 Å². The van der Waals surface area contributed by atoms with E-state index in [0.29, 0.717) is 11.4 Å². The maximum atomic E-state index is 11.9. The molecule has 0 aliphatic rings. The Labute approximate surface area is 158 Å². The van der Waals surface area contributed by atoms with E-state index in [-0.39, 0.29) is 17.5 Å². The molecule has 0 aliphatic carbocycles. The van der Waals surface area contributed by atoms with E-state index in [9.17, 15) is 4.79 Å². The highest BCUT2D eigenvalue weighted by molar-refractivity contribution is 8.00. The molecule has 0 saturated carbocycles. The molecule has 0 saturated heterocycles. The average molecular weight is 389 g/mol. The second-order valence-electron chi connectivity index (χ2n) is 5.44. The van der Waals surface area contributed by atoms with Gasteiger partial charge in [0.2, 0.25) is 0 Å². The summed E-state index contributed by atoms with van der Waals surface area (Å²) in [6.45, 7) is 3.87. The first-order chi connectivity index (χ1) is 12.5. The highest BCUT2D eigenvalue weighted by Crippen LogP contribution is 2.24. The first-order valence-corrected chi connectivity index (χ1v) is 9.55. The number of benzene rings is 1. The van der Waals surface area contributed by atoms with E-state index in [4.69, 9.17) is 5.73 Å². The molecule has 0 spiro atoms. The number of rotatable bonds is 5. The maximum absolute atomic E-state index is 11.9. The summed E-state index contributed by atoms with van der Waals surface area (Å²) < 4.78 is 0.839. The Bertz CT molecular complexity index is 996. The van der Waals surface area contributed by atoms with Crippen LogP contribution in [0.1, 0.15) is 16.3 Å². The van der Waals surface area contributed by atoms with Crippen molar-refractivity contribution in [1.82, 2.24) is 20.2 Å². The van der Waals surface area contributed by atoms with Gasteiger partial charge < -0.3 is 5.73 Å². The van der Waals surface area contributed by atoms with Crippen molar-refractivity contribution in [3.63, 3.8) is 0 Å². The summed E-state index contributed by atoms with van der Waals surface area (Å²) in [5, 5.41) is 12.0. The number of aromatic nitrogens is 4. The number of nitrogens with zero attached hydrogens (tertiary/aromatic N) is 3. The standard InChI is InChI=1S/C16H17N7OS2/c1-9-5-3-4-6-12(9)19-14(17)21-15-18-11(7-13(24)20-15)8-25-16-23-22-10(2)26-16/h3-7H,8H2,1-2H3,(H4,17,18,19,20,21,24)/p+1. The van der Waals surface area contributed by atoms with Gasteiger partial charge >= 0.3 is 5.95 Å². The summed E-state index contributed by atoms with van der Waals surface area (Å²) in [6, 6.07) is 9.20. The molecule has 134 valence electrons. The monoisotopic (exact) mass is 388 g/mol. The van der Waals surface area contributed by atoms with Crippen molar-refractivity contribution in [2.75, 3.05) is 5.32 Å². The Morgan fingerprint density at radius 2 is 2.15 bits per heavy atom. The number of hydrogen-bond acceptors (Lipinski definition) is 6. The van der Waals surface area contributed by atoms with Crippen molar-refractivity contribution in [3.8, 4) is 0 Å². The molecule has 8 nitrogen and oxygen atoms in total. The summed E-state index contributed by atoms with van der Waals surface area (Å²) in [5.41, 5.74) is 8.28. The average Bonchev–Trinajstić information content (AvgIpc) is 3.00. The minimum Gasteiger partial charge on any atom is -0.322 e. The van der Waals surface area contributed by atoms with E-state index < -0.39 is 0 Å². The Morgan fingerprint density at radius 3 is 2.88 bits per heavy atom. The fraction of sp³-hybridized carbons (Fsp3) is 0.188. The van der Waals surface area contributed by atoms with Gasteiger partial charge in [-0.3, -0.25) is 10.1 Å². The molecule has 3 rings (SSSR count). The summed E-state index contributed by atoms with van der Waals surface area (Å²) in [5.74, 6) is 1.06. The van der Waals surface area contributed by atoms with Gasteiger partial charge in [0.1, 0.15) is 10.7 Å². The normalized spacial score (nSPS) is 11.5. The van der Waals surface area contributed by atoms with Crippen LogP contribution in [0.3, 0.4) is 0 Å². The Balaban J connectivity index is 1.74. The van der Waals surface area contributed by atoms with Crippen LogP contribution in [0.25, 0.3) is 0 Å². The number of guanidine groups is 1. The van der Waals surface area contributed by atoms with Gasteiger partial charge in [-0.15, -0.1) is 15.2 Å². The molecule has 2 heterocycles. The van der Waals surface area contributed by atoms with Crippen LogP contribution in [0.5, 0.6) is 0 Å². The lowest BCUT2D eigenvalue weighted by Crippen LogP contribution is -2.73. The Hall–Kier alpha value is -2.72. The van der Waals surface area contributed by atoms with Gasteiger partial charge in [0.15, 0.2) is 4.34 Å². The molecule has 0 amide bonds. The molecule has 0 aliphatic heterocycles. The van der Waals surface area contributed by atoms with Crippen LogP contribution in [-0.4, -0.2) is 26.1 Å². The molecule has 5 N–H and O–H groups in total. The van der Waals surface area contributed by atoms with E-state index >= 15 is 0 Å². The molecule has 1 aromatic carbocycles. The topological polar surface area (TPSA) is 124 Å². The molecule has 0 unspecified atom stereocenters. The molecule has 0 radical (unpaired) electrons. The molecular formula is C16H18N7OS2+. The SMILES string of the molecule is Cc1nnc(SCc2cc(=O)[nH]c([NH+]=C(N)Nc3ccccc3C)n2)s1. The van der Waals surface area contributed by atoms with Crippen LogP contribution in [0.15, 0.2) is 39.5 Å². The number of para-hydroxylation sites is 1. The zero-order chi connectivity index (χ0) is 18.5. The second-order valence-corrected chi connectivity index (χ2v) is 7.84. The highest BCUT2D eigenvalue weighted by Gasteiger charge is 2.09. The number of anilines is 1. The number of aryl methyl sites for hydroxylation is 2. The van der Waals surface area contributed by atoms with E-state index in [1.54, 1.807) is 0 Å². The van der Waals surface area contributed by atoms with E-state index in [2.05, 4.69) is 30.5 Å². The van der Waals surface area contributed by atoms with Gasteiger partial charge in [-0.05, 0) is 25.5 Å². The number of nitrogens with one attached hydrogen (secondary N) is 3.